The minimum Gasteiger partial charge on any atom is -0.294 e. The van der Waals surface area contributed by atoms with Gasteiger partial charge in [-0.05, 0) is 19.4 Å². The van der Waals surface area contributed by atoms with Crippen LogP contribution in [-0.4, -0.2) is 14.7 Å². The number of rotatable bonds is 4. The number of thioether (sulfide) groups is 1. The third-order valence-corrected chi connectivity index (χ3v) is 4.15. The van der Waals surface area contributed by atoms with Crippen molar-refractivity contribution in [3.63, 3.8) is 0 Å². The van der Waals surface area contributed by atoms with E-state index >= 15 is 0 Å². The third-order valence-electron chi connectivity index (χ3n) is 2.84. The van der Waals surface area contributed by atoms with Crippen LogP contribution in [0, 0.1) is 6.92 Å². The molecule has 0 radical (unpaired) electrons. The first kappa shape index (κ1) is 15.4. The number of ketones is 1. The number of Topliss-reactive ketones (excluding diaryl/α,β-unsaturated/α-hetero) is 1. The molecule has 0 spiro atoms. The molecule has 2 nitrogen and oxygen atoms in total. The van der Waals surface area contributed by atoms with Crippen molar-refractivity contribution in [2.24, 2.45) is 0 Å². The standard InChI is InChI=1S/C14H12Cl2FNOS/c1-8-3-5-10(6-4-8)12-11(9(2)19)7-18(17)13(12)20-14(15)16/h3-7,14H,1-2H3. The monoisotopic (exact) mass is 331 g/mol. The highest BCUT2D eigenvalue weighted by Crippen LogP contribution is 2.40. The summed E-state index contributed by atoms with van der Waals surface area (Å²) in [5, 5.41) is 0.231. The highest BCUT2D eigenvalue weighted by atomic mass is 35.5. The number of hydrogen-bond acceptors (Lipinski definition) is 2. The Morgan fingerprint density at radius 1 is 1.30 bits per heavy atom. The van der Waals surface area contributed by atoms with Crippen LogP contribution in [-0.2, 0) is 0 Å². The summed E-state index contributed by atoms with van der Waals surface area (Å²) in [6.45, 7) is 3.36. The molecule has 0 bridgehead atoms. The zero-order valence-electron chi connectivity index (χ0n) is 10.9. The topological polar surface area (TPSA) is 22.0 Å². The van der Waals surface area contributed by atoms with Crippen LogP contribution < -0.4 is 0 Å². The number of carbonyl (C=O) groups is 1. The molecule has 0 atom stereocenters. The van der Waals surface area contributed by atoms with Crippen molar-refractivity contribution in [2.45, 2.75) is 23.0 Å². The number of aryl methyl sites for hydroxylation is 1. The van der Waals surface area contributed by atoms with Crippen LogP contribution in [0.1, 0.15) is 22.8 Å². The Balaban J connectivity index is 2.63. The first-order valence-electron chi connectivity index (χ1n) is 5.84. The van der Waals surface area contributed by atoms with Gasteiger partial charge in [0.1, 0.15) is 5.03 Å². The highest BCUT2D eigenvalue weighted by Gasteiger charge is 2.22. The Hall–Kier alpha value is -0.970. The van der Waals surface area contributed by atoms with E-state index in [2.05, 4.69) is 0 Å². The Kier molecular flexibility index (Phi) is 4.78. The van der Waals surface area contributed by atoms with Crippen molar-refractivity contribution in [3.05, 3.63) is 41.6 Å². The van der Waals surface area contributed by atoms with Gasteiger partial charge in [0.2, 0.25) is 0 Å². The summed E-state index contributed by atoms with van der Waals surface area (Å²) < 4.78 is 13.2. The Morgan fingerprint density at radius 3 is 2.40 bits per heavy atom. The van der Waals surface area contributed by atoms with E-state index in [0.29, 0.717) is 15.9 Å². The predicted molar refractivity (Wildman–Crippen MR) is 82.5 cm³/mol. The van der Waals surface area contributed by atoms with E-state index in [-0.39, 0.29) is 10.8 Å². The van der Waals surface area contributed by atoms with Crippen LogP contribution in [0.3, 0.4) is 0 Å². The van der Waals surface area contributed by atoms with Gasteiger partial charge in [0.25, 0.3) is 0 Å². The van der Waals surface area contributed by atoms with Crippen molar-refractivity contribution < 1.29 is 9.28 Å². The van der Waals surface area contributed by atoms with Crippen molar-refractivity contribution in [1.29, 1.82) is 0 Å². The maximum Gasteiger partial charge on any atom is 0.162 e. The van der Waals surface area contributed by atoms with E-state index in [1.54, 1.807) is 0 Å². The fourth-order valence-corrected chi connectivity index (χ4v) is 3.09. The van der Waals surface area contributed by atoms with Crippen LogP contribution >= 0.6 is 35.0 Å². The molecular formula is C14H12Cl2FNOS. The van der Waals surface area contributed by atoms with Gasteiger partial charge < -0.3 is 0 Å². The summed E-state index contributed by atoms with van der Waals surface area (Å²) in [4.78, 5) is 12.1. The lowest BCUT2D eigenvalue weighted by molar-refractivity contribution is 0.101. The lowest BCUT2D eigenvalue weighted by Crippen LogP contribution is -1.93. The molecule has 106 valence electrons. The lowest BCUT2D eigenvalue weighted by atomic mass is 10.0. The minimum atomic E-state index is -0.816. The van der Waals surface area contributed by atoms with E-state index in [0.717, 1.165) is 29.1 Å². The van der Waals surface area contributed by atoms with Gasteiger partial charge in [-0.15, -0.1) is 0 Å². The second kappa shape index (κ2) is 6.20. The molecule has 2 rings (SSSR count). The number of aromatic nitrogens is 1. The lowest BCUT2D eigenvalue weighted by Gasteiger charge is -2.07. The quantitative estimate of drug-likeness (QED) is 0.433. The maximum absolute atomic E-state index is 14.0. The second-order valence-corrected chi connectivity index (χ2v) is 7.04. The van der Waals surface area contributed by atoms with Gasteiger partial charge in [-0.2, -0.15) is 4.79 Å². The summed E-state index contributed by atoms with van der Waals surface area (Å²) in [5.74, 6) is -0.209. The van der Waals surface area contributed by atoms with Crippen LogP contribution in [0.4, 0.5) is 4.48 Å². The van der Waals surface area contributed by atoms with Crippen LogP contribution in [0.25, 0.3) is 11.1 Å². The van der Waals surface area contributed by atoms with Gasteiger partial charge in [-0.3, -0.25) is 4.79 Å². The third kappa shape index (κ3) is 3.19. The summed E-state index contributed by atoms with van der Waals surface area (Å²) in [6.07, 6.45) is 1.16. The van der Waals surface area contributed by atoms with Crippen molar-refractivity contribution in [3.8, 4) is 11.1 Å². The molecule has 0 aliphatic heterocycles. The van der Waals surface area contributed by atoms with Crippen LogP contribution in [0.15, 0.2) is 35.5 Å². The Morgan fingerprint density at radius 2 is 1.90 bits per heavy atom. The number of halogens is 3. The SMILES string of the molecule is CC(=O)c1cn(F)c(SC(Cl)Cl)c1-c1ccc(C)cc1. The largest absolute Gasteiger partial charge is 0.294 e. The summed E-state index contributed by atoms with van der Waals surface area (Å²) in [7, 11) is 0. The molecule has 0 aliphatic rings. The number of nitrogens with zero attached hydrogens (tertiary/aromatic N) is 1. The van der Waals surface area contributed by atoms with Gasteiger partial charge >= 0.3 is 0 Å². The zero-order chi connectivity index (χ0) is 14.9. The summed E-state index contributed by atoms with van der Waals surface area (Å²) >= 11 is 12.4. The van der Waals surface area contributed by atoms with Gasteiger partial charge in [-0.25, -0.2) is 0 Å². The molecule has 0 aliphatic carbocycles. The van der Waals surface area contributed by atoms with Gasteiger partial charge in [0, 0.05) is 11.1 Å². The molecule has 1 aromatic carbocycles. The molecular weight excluding hydrogens is 320 g/mol. The van der Waals surface area contributed by atoms with Crippen LogP contribution in [0.2, 0.25) is 0 Å². The Bertz CT molecular complexity index is 637. The van der Waals surface area contributed by atoms with Crippen molar-refractivity contribution >= 4 is 40.7 Å². The van der Waals surface area contributed by atoms with E-state index in [4.69, 9.17) is 23.2 Å². The molecule has 2 aromatic rings. The fourth-order valence-electron chi connectivity index (χ4n) is 1.92. The molecule has 0 fully saturated rings. The normalized spacial score (nSPS) is 11.1. The molecule has 0 amide bonds. The maximum atomic E-state index is 14.0. The molecule has 0 unspecified atom stereocenters. The molecule has 1 heterocycles. The average Bonchev–Trinajstić information content (AvgIpc) is 2.68. The molecule has 1 aromatic heterocycles. The number of hydrogen-bond donors (Lipinski definition) is 0. The molecule has 0 saturated carbocycles. The molecule has 0 N–H and O–H groups in total. The van der Waals surface area contributed by atoms with Gasteiger partial charge in [0.15, 0.2) is 9.95 Å². The van der Waals surface area contributed by atoms with Crippen LogP contribution in [0.5, 0.6) is 0 Å². The first-order chi connectivity index (χ1) is 9.40. The van der Waals surface area contributed by atoms with E-state index in [1.807, 2.05) is 31.2 Å². The average molecular weight is 332 g/mol. The van der Waals surface area contributed by atoms with Gasteiger partial charge in [0.05, 0.1) is 6.20 Å². The first-order valence-corrected chi connectivity index (χ1v) is 7.59. The number of benzene rings is 1. The van der Waals surface area contributed by atoms with E-state index in [1.165, 1.54) is 6.92 Å². The predicted octanol–water partition coefficient (Wildman–Crippen LogP) is 5.25. The van der Waals surface area contributed by atoms with Crippen molar-refractivity contribution in [2.75, 3.05) is 0 Å². The molecule has 20 heavy (non-hydrogen) atoms. The number of carbonyl (C=O) groups excluding carboxylic acids is 1. The molecule has 0 saturated heterocycles. The second-order valence-electron chi connectivity index (χ2n) is 4.33. The fraction of sp³-hybridized carbons (Fsp3) is 0.214. The molecule has 6 heteroatoms. The van der Waals surface area contributed by atoms with E-state index in [9.17, 15) is 9.28 Å². The summed E-state index contributed by atoms with van der Waals surface area (Å²) in [5.41, 5.74) is 2.68. The number of alkyl halides is 2. The minimum absolute atomic E-state index is 0.209. The summed E-state index contributed by atoms with van der Waals surface area (Å²) in [6, 6.07) is 7.50. The van der Waals surface area contributed by atoms with Crippen molar-refractivity contribution in [1.82, 2.24) is 4.79 Å². The Labute approximate surface area is 130 Å². The van der Waals surface area contributed by atoms with E-state index < -0.39 is 4.17 Å². The zero-order valence-corrected chi connectivity index (χ0v) is 13.2. The van der Waals surface area contributed by atoms with Gasteiger partial charge in [-0.1, -0.05) is 69.3 Å². The highest BCUT2D eigenvalue weighted by molar-refractivity contribution is 8.02. The smallest absolute Gasteiger partial charge is 0.162 e.